The Hall–Kier alpha value is -0.840. The second kappa shape index (κ2) is 8.57. The zero-order chi connectivity index (χ0) is 14.5. The minimum atomic E-state index is -0.270. The first-order valence-electron chi connectivity index (χ1n) is 7.40. The summed E-state index contributed by atoms with van der Waals surface area (Å²) < 4.78 is 19.3. The maximum atomic E-state index is 14.0. The van der Waals surface area contributed by atoms with Crippen LogP contribution in [-0.2, 0) is 0 Å². The summed E-state index contributed by atoms with van der Waals surface area (Å²) in [5, 5.41) is 3.37. The number of hydrogen-bond donors (Lipinski definition) is 1. The van der Waals surface area contributed by atoms with E-state index in [-0.39, 0.29) is 24.3 Å². The molecule has 1 aliphatic rings. The Labute approximate surface area is 133 Å². The smallest absolute Gasteiger partial charge is 0.165 e. The average molecular weight is 317 g/mol. The van der Waals surface area contributed by atoms with Crippen molar-refractivity contribution in [1.82, 2.24) is 10.2 Å². The number of rotatable bonds is 5. The van der Waals surface area contributed by atoms with Crippen molar-refractivity contribution < 1.29 is 9.13 Å². The predicted octanol–water partition coefficient (Wildman–Crippen LogP) is 3.25. The minimum absolute atomic E-state index is 0. The van der Waals surface area contributed by atoms with Crippen LogP contribution in [0.4, 0.5) is 4.39 Å². The van der Waals surface area contributed by atoms with E-state index in [1.165, 1.54) is 6.07 Å². The van der Waals surface area contributed by atoms with Gasteiger partial charge in [-0.3, -0.25) is 4.90 Å². The third-order valence-corrected chi connectivity index (χ3v) is 3.85. The van der Waals surface area contributed by atoms with Crippen LogP contribution in [-0.4, -0.2) is 38.2 Å². The lowest BCUT2D eigenvalue weighted by Crippen LogP contribution is -2.45. The fourth-order valence-electron chi connectivity index (χ4n) is 2.92. The quantitative estimate of drug-likeness (QED) is 0.902. The lowest BCUT2D eigenvalue weighted by Gasteiger charge is -2.36. The molecule has 1 aromatic carbocycles. The van der Waals surface area contributed by atoms with Crippen LogP contribution in [0.2, 0.25) is 0 Å². The molecule has 1 heterocycles. The molecule has 3 nitrogen and oxygen atoms in total. The maximum Gasteiger partial charge on any atom is 0.165 e. The number of hydrogen-bond acceptors (Lipinski definition) is 3. The molecule has 0 bridgehead atoms. The highest BCUT2D eigenvalue weighted by molar-refractivity contribution is 5.85. The molecule has 5 heteroatoms. The standard InChI is InChI=1S/C16H25FN2O.ClH/c1-12(2)11-15(19-9-7-18-8-10-19)13-5-4-6-14(17)16(13)20-3;/h4-6,12,15,18H,7-11H2,1-3H3;1H/t15-;/m0./s1. The zero-order valence-electron chi connectivity index (χ0n) is 13.1. The summed E-state index contributed by atoms with van der Waals surface area (Å²) in [7, 11) is 1.55. The molecule has 1 aliphatic heterocycles. The van der Waals surface area contributed by atoms with Crippen molar-refractivity contribution in [2.45, 2.75) is 26.3 Å². The molecule has 0 aliphatic carbocycles. The van der Waals surface area contributed by atoms with Crippen LogP contribution in [0, 0.1) is 11.7 Å². The van der Waals surface area contributed by atoms with E-state index in [2.05, 4.69) is 24.1 Å². The molecule has 0 spiro atoms. The van der Waals surface area contributed by atoms with Gasteiger partial charge in [-0.2, -0.15) is 0 Å². The van der Waals surface area contributed by atoms with E-state index in [1.807, 2.05) is 6.07 Å². The molecule has 1 aromatic rings. The van der Waals surface area contributed by atoms with Crippen LogP contribution in [0.3, 0.4) is 0 Å². The first-order valence-corrected chi connectivity index (χ1v) is 7.40. The van der Waals surface area contributed by atoms with E-state index in [0.29, 0.717) is 11.7 Å². The van der Waals surface area contributed by atoms with Crippen molar-refractivity contribution in [3.63, 3.8) is 0 Å². The van der Waals surface area contributed by atoms with Gasteiger partial charge < -0.3 is 10.1 Å². The summed E-state index contributed by atoms with van der Waals surface area (Å²) in [4.78, 5) is 2.44. The second-order valence-corrected chi connectivity index (χ2v) is 5.79. The molecule has 0 radical (unpaired) electrons. The number of nitrogens with one attached hydrogen (secondary N) is 1. The number of nitrogens with zero attached hydrogens (tertiary/aromatic N) is 1. The fraction of sp³-hybridized carbons (Fsp3) is 0.625. The van der Waals surface area contributed by atoms with Crippen LogP contribution in [0.5, 0.6) is 5.75 Å². The van der Waals surface area contributed by atoms with Gasteiger partial charge in [0.25, 0.3) is 0 Å². The maximum absolute atomic E-state index is 14.0. The summed E-state index contributed by atoms with van der Waals surface area (Å²) in [6, 6.07) is 5.47. The zero-order valence-corrected chi connectivity index (χ0v) is 13.9. The van der Waals surface area contributed by atoms with Crippen molar-refractivity contribution in [1.29, 1.82) is 0 Å². The number of piperazine rings is 1. The van der Waals surface area contributed by atoms with Crippen LogP contribution >= 0.6 is 12.4 Å². The molecule has 1 saturated heterocycles. The van der Waals surface area contributed by atoms with Gasteiger partial charge in [-0.15, -0.1) is 12.4 Å². The first kappa shape index (κ1) is 18.2. The van der Waals surface area contributed by atoms with Gasteiger partial charge in [0.05, 0.1) is 7.11 Å². The molecular formula is C16H26ClFN2O. The van der Waals surface area contributed by atoms with E-state index in [4.69, 9.17) is 4.74 Å². The molecule has 0 aromatic heterocycles. The fourth-order valence-corrected chi connectivity index (χ4v) is 2.92. The normalized spacial score (nSPS) is 17.4. The van der Waals surface area contributed by atoms with E-state index < -0.39 is 0 Å². The van der Waals surface area contributed by atoms with Gasteiger partial charge in [0.1, 0.15) is 0 Å². The Balaban J connectivity index is 0.00000220. The summed E-state index contributed by atoms with van der Waals surface area (Å²) in [6.45, 7) is 8.40. The van der Waals surface area contributed by atoms with Gasteiger partial charge in [-0.1, -0.05) is 26.0 Å². The third-order valence-electron chi connectivity index (χ3n) is 3.85. The number of halogens is 2. The Kier molecular flexibility index (Phi) is 7.43. The van der Waals surface area contributed by atoms with Gasteiger partial charge in [0.2, 0.25) is 0 Å². The first-order chi connectivity index (χ1) is 9.63. The largest absolute Gasteiger partial charge is 0.493 e. The van der Waals surface area contributed by atoms with Crippen molar-refractivity contribution in [3.05, 3.63) is 29.6 Å². The van der Waals surface area contributed by atoms with Gasteiger partial charge in [-0.05, 0) is 18.4 Å². The summed E-state index contributed by atoms with van der Waals surface area (Å²) in [5.41, 5.74) is 0.975. The van der Waals surface area contributed by atoms with E-state index in [0.717, 1.165) is 38.2 Å². The Morgan fingerprint density at radius 3 is 2.52 bits per heavy atom. The highest BCUT2D eigenvalue weighted by Crippen LogP contribution is 2.35. The molecule has 1 fully saturated rings. The average Bonchev–Trinajstić information content (AvgIpc) is 2.45. The van der Waals surface area contributed by atoms with Gasteiger partial charge >= 0.3 is 0 Å². The monoisotopic (exact) mass is 316 g/mol. The lowest BCUT2D eigenvalue weighted by molar-refractivity contribution is 0.151. The van der Waals surface area contributed by atoms with E-state index >= 15 is 0 Å². The summed E-state index contributed by atoms with van der Waals surface area (Å²) in [5.74, 6) is 0.688. The molecule has 0 unspecified atom stereocenters. The Morgan fingerprint density at radius 1 is 1.29 bits per heavy atom. The van der Waals surface area contributed by atoms with Crippen LogP contribution in [0.1, 0.15) is 31.9 Å². The second-order valence-electron chi connectivity index (χ2n) is 5.79. The summed E-state index contributed by atoms with van der Waals surface area (Å²) in [6.07, 6.45) is 1.01. The van der Waals surface area contributed by atoms with Crippen molar-refractivity contribution in [3.8, 4) is 5.75 Å². The third kappa shape index (κ3) is 4.56. The van der Waals surface area contributed by atoms with Crippen LogP contribution in [0.25, 0.3) is 0 Å². The lowest BCUT2D eigenvalue weighted by atomic mass is 9.94. The molecule has 2 rings (SSSR count). The van der Waals surface area contributed by atoms with Crippen molar-refractivity contribution >= 4 is 12.4 Å². The van der Waals surface area contributed by atoms with Gasteiger partial charge in [0, 0.05) is 37.8 Å². The highest BCUT2D eigenvalue weighted by atomic mass is 35.5. The topological polar surface area (TPSA) is 24.5 Å². The number of ether oxygens (including phenoxy) is 1. The number of para-hydroxylation sites is 1. The molecule has 0 saturated carbocycles. The molecular weight excluding hydrogens is 291 g/mol. The molecule has 120 valence electrons. The Morgan fingerprint density at radius 2 is 1.95 bits per heavy atom. The molecule has 0 amide bonds. The van der Waals surface area contributed by atoms with Crippen molar-refractivity contribution in [2.75, 3.05) is 33.3 Å². The Bertz CT molecular complexity index is 436. The molecule has 21 heavy (non-hydrogen) atoms. The van der Waals surface area contributed by atoms with Crippen LogP contribution < -0.4 is 10.1 Å². The highest BCUT2D eigenvalue weighted by Gasteiger charge is 2.26. The number of methoxy groups -OCH3 is 1. The van der Waals surface area contributed by atoms with Crippen molar-refractivity contribution in [2.24, 2.45) is 5.92 Å². The van der Waals surface area contributed by atoms with Crippen LogP contribution in [0.15, 0.2) is 18.2 Å². The molecule has 1 atom stereocenters. The molecule has 1 N–H and O–H groups in total. The van der Waals surface area contributed by atoms with E-state index in [9.17, 15) is 4.39 Å². The summed E-state index contributed by atoms with van der Waals surface area (Å²) >= 11 is 0. The minimum Gasteiger partial charge on any atom is -0.493 e. The SMILES string of the molecule is COc1c(F)cccc1[C@H](CC(C)C)N1CCNCC1.Cl. The van der Waals surface area contributed by atoms with Gasteiger partial charge in [-0.25, -0.2) is 4.39 Å². The predicted molar refractivity (Wildman–Crippen MR) is 86.8 cm³/mol. The van der Waals surface area contributed by atoms with E-state index in [1.54, 1.807) is 13.2 Å². The number of benzene rings is 1. The van der Waals surface area contributed by atoms with Gasteiger partial charge in [0.15, 0.2) is 11.6 Å².